The number of carbonyl (C=O) groups excluding carboxylic acids is 2. The zero-order valence-corrected chi connectivity index (χ0v) is 16.5. The molecule has 7 heteroatoms. The lowest BCUT2D eigenvalue weighted by Gasteiger charge is -2.36. The van der Waals surface area contributed by atoms with Crippen LogP contribution in [0, 0.1) is 3.57 Å². The lowest BCUT2D eigenvalue weighted by atomic mass is 10.3. The summed E-state index contributed by atoms with van der Waals surface area (Å²) in [5, 5.41) is 2.95. The molecule has 3 amide bonds. The highest BCUT2D eigenvalue weighted by Crippen LogP contribution is 2.17. The van der Waals surface area contributed by atoms with Gasteiger partial charge < -0.3 is 15.1 Å². The number of benzene rings is 1. The maximum Gasteiger partial charge on any atom is 0.320 e. The van der Waals surface area contributed by atoms with Crippen LogP contribution in [0.25, 0.3) is 0 Å². The number of amides is 3. The second kappa shape index (κ2) is 9.22. The van der Waals surface area contributed by atoms with Crippen molar-refractivity contribution in [2.24, 2.45) is 0 Å². The van der Waals surface area contributed by atoms with Gasteiger partial charge in [0.15, 0.2) is 0 Å². The van der Waals surface area contributed by atoms with Crippen LogP contribution in [0.2, 0.25) is 0 Å². The molecule has 24 heavy (non-hydrogen) atoms. The van der Waals surface area contributed by atoms with Crippen LogP contribution in [0.15, 0.2) is 24.3 Å². The summed E-state index contributed by atoms with van der Waals surface area (Å²) < 4.78 is 1.03. The second-order valence-corrected chi connectivity index (χ2v) is 6.91. The number of nitrogens with one attached hydrogen (secondary N) is 1. The largest absolute Gasteiger partial charge is 0.325 e. The first kappa shape index (κ1) is 19.0. The Kier molecular flexibility index (Phi) is 7.29. The normalized spacial score (nSPS) is 15.2. The Morgan fingerprint density at radius 1 is 1.12 bits per heavy atom. The highest BCUT2D eigenvalue weighted by Gasteiger charge is 2.24. The molecule has 1 aromatic carbocycles. The lowest BCUT2D eigenvalue weighted by molar-refractivity contribution is -0.117. The molecular formula is C17H25IN4O2. The molecule has 1 fully saturated rings. The van der Waals surface area contributed by atoms with Gasteiger partial charge in [0.2, 0.25) is 5.91 Å². The number of urea groups is 1. The van der Waals surface area contributed by atoms with Crippen LogP contribution in [0.1, 0.15) is 13.8 Å². The molecule has 0 spiro atoms. The summed E-state index contributed by atoms with van der Waals surface area (Å²) in [7, 11) is 0. The quantitative estimate of drug-likeness (QED) is 0.710. The Morgan fingerprint density at radius 3 is 2.33 bits per heavy atom. The van der Waals surface area contributed by atoms with Gasteiger partial charge in [-0.2, -0.15) is 0 Å². The van der Waals surface area contributed by atoms with E-state index in [1.54, 1.807) is 0 Å². The number of anilines is 1. The lowest BCUT2D eigenvalue weighted by Crippen LogP contribution is -2.53. The molecule has 0 radical (unpaired) electrons. The minimum absolute atomic E-state index is 0.0114. The summed E-state index contributed by atoms with van der Waals surface area (Å²) in [6, 6.07) is 7.83. The van der Waals surface area contributed by atoms with Gasteiger partial charge in [0.05, 0.1) is 12.2 Å². The van der Waals surface area contributed by atoms with E-state index in [2.05, 4.69) is 32.8 Å². The third kappa shape index (κ3) is 5.07. The molecule has 0 bridgehead atoms. The minimum atomic E-state index is -0.0114. The number of para-hydroxylation sites is 1. The van der Waals surface area contributed by atoms with Gasteiger partial charge in [0.1, 0.15) is 0 Å². The second-order valence-electron chi connectivity index (χ2n) is 5.75. The third-order valence-electron chi connectivity index (χ3n) is 4.19. The Labute approximate surface area is 157 Å². The van der Waals surface area contributed by atoms with Crippen molar-refractivity contribution in [1.82, 2.24) is 14.7 Å². The fraction of sp³-hybridized carbons (Fsp3) is 0.529. The van der Waals surface area contributed by atoms with Crippen molar-refractivity contribution in [3.05, 3.63) is 27.8 Å². The van der Waals surface area contributed by atoms with Crippen LogP contribution in [-0.2, 0) is 4.79 Å². The summed E-state index contributed by atoms with van der Waals surface area (Å²) in [4.78, 5) is 30.3. The predicted octanol–water partition coefficient (Wildman–Crippen LogP) is 2.31. The number of rotatable bonds is 5. The van der Waals surface area contributed by atoms with Crippen molar-refractivity contribution in [3.8, 4) is 0 Å². The SMILES string of the molecule is CCN(CC)C(=O)N1CCN(CC(=O)Nc2ccccc2I)CC1. The van der Waals surface area contributed by atoms with Gasteiger partial charge in [-0.1, -0.05) is 12.1 Å². The molecule has 1 aromatic rings. The van der Waals surface area contributed by atoms with Crippen molar-refractivity contribution in [1.29, 1.82) is 0 Å². The molecule has 132 valence electrons. The van der Waals surface area contributed by atoms with Gasteiger partial charge >= 0.3 is 6.03 Å². The molecule has 0 saturated carbocycles. The summed E-state index contributed by atoms with van der Waals surface area (Å²) in [5.74, 6) is -0.0114. The Morgan fingerprint density at radius 2 is 1.75 bits per heavy atom. The zero-order valence-electron chi connectivity index (χ0n) is 14.3. The van der Waals surface area contributed by atoms with Crippen molar-refractivity contribution in [2.45, 2.75) is 13.8 Å². The number of piperazine rings is 1. The van der Waals surface area contributed by atoms with Crippen molar-refractivity contribution >= 4 is 40.2 Å². The minimum Gasteiger partial charge on any atom is -0.325 e. The average Bonchev–Trinajstić information content (AvgIpc) is 2.58. The molecule has 1 aliphatic heterocycles. The highest BCUT2D eigenvalue weighted by molar-refractivity contribution is 14.1. The smallest absolute Gasteiger partial charge is 0.320 e. The van der Waals surface area contributed by atoms with Crippen molar-refractivity contribution in [3.63, 3.8) is 0 Å². The fourth-order valence-corrected chi connectivity index (χ4v) is 3.27. The van der Waals surface area contributed by atoms with Gasteiger partial charge in [0.25, 0.3) is 0 Å². The maximum absolute atomic E-state index is 12.3. The van der Waals surface area contributed by atoms with E-state index in [1.807, 2.05) is 47.9 Å². The monoisotopic (exact) mass is 444 g/mol. The highest BCUT2D eigenvalue weighted by atomic mass is 127. The van der Waals surface area contributed by atoms with Crippen LogP contribution in [-0.4, -0.2) is 72.5 Å². The molecule has 0 aromatic heterocycles. The molecule has 0 atom stereocenters. The average molecular weight is 444 g/mol. The summed E-state index contributed by atoms with van der Waals surface area (Å²) in [6.07, 6.45) is 0. The molecule has 0 unspecified atom stereocenters. The van der Waals surface area contributed by atoms with Gasteiger partial charge in [-0.15, -0.1) is 0 Å². The number of halogens is 1. The van der Waals surface area contributed by atoms with E-state index in [-0.39, 0.29) is 11.9 Å². The fourth-order valence-electron chi connectivity index (χ4n) is 2.75. The van der Waals surface area contributed by atoms with Crippen molar-refractivity contribution < 1.29 is 9.59 Å². The van der Waals surface area contributed by atoms with Gasteiger partial charge in [-0.3, -0.25) is 9.69 Å². The summed E-state index contributed by atoms with van der Waals surface area (Å²) in [5.41, 5.74) is 0.846. The summed E-state index contributed by atoms with van der Waals surface area (Å²) in [6.45, 7) is 8.61. The van der Waals surface area contributed by atoms with E-state index < -0.39 is 0 Å². The molecule has 2 rings (SSSR count). The Balaban J connectivity index is 1.79. The Bertz CT molecular complexity index is 569. The van der Waals surface area contributed by atoms with Crippen molar-refractivity contribution in [2.75, 3.05) is 51.1 Å². The standard InChI is InChI=1S/C17H25IN4O2/c1-3-21(4-2)17(24)22-11-9-20(10-12-22)13-16(23)19-15-8-6-5-7-14(15)18/h5-8H,3-4,9-13H2,1-2H3,(H,19,23). The van der Waals surface area contributed by atoms with E-state index in [0.29, 0.717) is 19.6 Å². The first-order valence-corrected chi connectivity index (χ1v) is 9.43. The zero-order chi connectivity index (χ0) is 17.5. The number of carbonyl (C=O) groups is 2. The number of hydrogen-bond acceptors (Lipinski definition) is 3. The van der Waals surface area contributed by atoms with Crippen LogP contribution in [0.4, 0.5) is 10.5 Å². The topological polar surface area (TPSA) is 55.9 Å². The van der Waals surface area contributed by atoms with E-state index in [4.69, 9.17) is 0 Å². The molecule has 1 N–H and O–H groups in total. The van der Waals surface area contributed by atoms with Gasteiger partial charge in [0, 0.05) is 42.8 Å². The van der Waals surface area contributed by atoms with Gasteiger partial charge in [-0.05, 0) is 48.6 Å². The van der Waals surface area contributed by atoms with Crippen LogP contribution in [0.3, 0.4) is 0 Å². The molecule has 0 aliphatic carbocycles. The molecular weight excluding hydrogens is 419 g/mol. The maximum atomic E-state index is 12.3. The molecule has 1 aliphatic rings. The van der Waals surface area contributed by atoms with Gasteiger partial charge in [-0.25, -0.2) is 4.79 Å². The molecule has 6 nitrogen and oxygen atoms in total. The first-order chi connectivity index (χ1) is 11.5. The molecule has 1 saturated heterocycles. The van der Waals surface area contributed by atoms with E-state index in [1.165, 1.54) is 0 Å². The Hall–Kier alpha value is -1.35. The predicted molar refractivity (Wildman–Crippen MR) is 104 cm³/mol. The first-order valence-electron chi connectivity index (χ1n) is 8.35. The number of nitrogens with zero attached hydrogens (tertiary/aromatic N) is 3. The van der Waals surface area contributed by atoms with Crippen LogP contribution < -0.4 is 5.32 Å². The third-order valence-corrected chi connectivity index (χ3v) is 5.13. The van der Waals surface area contributed by atoms with E-state index >= 15 is 0 Å². The van der Waals surface area contributed by atoms with E-state index in [9.17, 15) is 9.59 Å². The summed E-state index contributed by atoms with van der Waals surface area (Å²) >= 11 is 2.21. The number of hydrogen-bond donors (Lipinski definition) is 1. The van der Waals surface area contributed by atoms with Crippen LogP contribution in [0.5, 0.6) is 0 Å². The van der Waals surface area contributed by atoms with Crippen LogP contribution >= 0.6 is 22.6 Å². The van der Waals surface area contributed by atoms with E-state index in [0.717, 1.165) is 35.4 Å². The molecule has 1 heterocycles.